The highest BCUT2D eigenvalue weighted by atomic mass is 35.5. The topological polar surface area (TPSA) is 44.4 Å². The highest BCUT2D eigenvalue weighted by Crippen LogP contribution is 2.24. The van der Waals surface area contributed by atoms with Crippen molar-refractivity contribution in [3.63, 3.8) is 0 Å². The first-order valence-corrected chi connectivity index (χ1v) is 9.34. The van der Waals surface area contributed by atoms with Crippen molar-refractivity contribution in [3.05, 3.63) is 53.3 Å². The predicted molar refractivity (Wildman–Crippen MR) is 106 cm³/mol. The lowest BCUT2D eigenvalue weighted by Crippen LogP contribution is -2.47. The van der Waals surface area contributed by atoms with Crippen LogP contribution in [0.4, 0.5) is 5.82 Å². The fraction of sp³-hybridized carbons (Fsp3) is 0.350. The van der Waals surface area contributed by atoms with Crippen LogP contribution in [-0.4, -0.2) is 54.7 Å². The van der Waals surface area contributed by atoms with Crippen molar-refractivity contribution in [3.8, 4) is 5.75 Å². The van der Waals surface area contributed by atoms with E-state index in [0.29, 0.717) is 5.15 Å². The largest absolute Gasteiger partial charge is 0.497 e. The van der Waals surface area contributed by atoms with Gasteiger partial charge in [0, 0.05) is 55.9 Å². The molecule has 0 radical (unpaired) electrons. The summed E-state index contributed by atoms with van der Waals surface area (Å²) in [6, 6.07) is 12.0. The van der Waals surface area contributed by atoms with Gasteiger partial charge in [0.25, 0.3) is 0 Å². The Labute approximate surface area is 158 Å². The fourth-order valence-electron chi connectivity index (χ4n) is 3.55. The molecule has 1 aromatic carbocycles. The summed E-state index contributed by atoms with van der Waals surface area (Å²) >= 11 is 6.01. The Morgan fingerprint density at radius 1 is 1.15 bits per heavy atom. The number of nitrogens with zero attached hydrogens (tertiary/aromatic N) is 3. The maximum Gasteiger partial charge on any atom is 0.131 e. The van der Waals surface area contributed by atoms with Crippen molar-refractivity contribution >= 4 is 28.3 Å². The molecule has 6 heteroatoms. The fourth-order valence-corrected chi connectivity index (χ4v) is 3.71. The number of ether oxygens (including phenoxy) is 1. The van der Waals surface area contributed by atoms with E-state index in [-0.39, 0.29) is 0 Å². The molecule has 0 atom stereocenters. The van der Waals surface area contributed by atoms with Gasteiger partial charge in [-0.1, -0.05) is 17.7 Å². The molecule has 0 aliphatic carbocycles. The van der Waals surface area contributed by atoms with E-state index in [0.717, 1.165) is 56.2 Å². The van der Waals surface area contributed by atoms with Gasteiger partial charge in [-0.25, -0.2) is 4.98 Å². The molecule has 0 unspecified atom stereocenters. The van der Waals surface area contributed by atoms with Crippen LogP contribution in [0.25, 0.3) is 10.9 Å². The quantitative estimate of drug-likeness (QED) is 0.697. The Hall–Kier alpha value is -2.24. The Bertz CT molecular complexity index is 886. The molecule has 1 N–H and O–H groups in total. The Morgan fingerprint density at radius 2 is 2.00 bits per heavy atom. The number of nitrogens with one attached hydrogen (secondary N) is 1. The summed E-state index contributed by atoms with van der Waals surface area (Å²) in [6.07, 6.45) is 3.16. The molecule has 3 aromatic rings. The smallest absolute Gasteiger partial charge is 0.131 e. The molecule has 26 heavy (non-hydrogen) atoms. The minimum Gasteiger partial charge on any atom is -0.497 e. The van der Waals surface area contributed by atoms with Crippen LogP contribution in [0.3, 0.4) is 0 Å². The van der Waals surface area contributed by atoms with Crippen molar-refractivity contribution in [1.82, 2.24) is 14.9 Å². The molecule has 5 nitrogen and oxygen atoms in total. The molecular formula is C20H23ClN4O. The summed E-state index contributed by atoms with van der Waals surface area (Å²) in [7, 11) is 1.70. The summed E-state index contributed by atoms with van der Waals surface area (Å²) in [6.45, 7) is 5.13. The minimum absolute atomic E-state index is 0.556. The summed E-state index contributed by atoms with van der Waals surface area (Å²) in [5.41, 5.74) is 2.50. The van der Waals surface area contributed by atoms with E-state index in [9.17, 15) is 0 Å². The average molecular weight is 371 g/mol. The molecule has 1 aliphatic rings. The number of fused-ring (bicyclic) bond motifs is 1. The first kappa shape index (κ1) is 17.2. The van der Waals surface area contributed by atoms with Crippen LogP contribution in [0.5, 0.6) is 5.75 Å². The van der Waals surface area contributed by atoms with Crippen LogP contribution < -0.4 is 9.64 Å². The Morgan fingerprint density at radius 3 is 2.77 bits per heavy atom. The molecule has 1 fully saturated rings. The number of benzene rings is 1. The third-order valence-electron chi connectivity index (χ3n) is 5.07. The van der Waals surface area contributed by atoms with Gasteiger partial charge in [-0.2, -0.15) is 0 Å². The zero-order chi connectivity index (χ0) is 17.9. The predicted octanol–water partition coefficient (Wildman–Crippen LogP) is 3.59. The van der Waals surface area contributed by atoms with Gasteiger partial charge in [-0.3, -0.25) is 4.90 Å². The van der Waals surface area contributed by atoms with E-state index >= 15 is 0 Å². The zero-order valence-electron chi connectivity index (χ0n) is 14.9. The number of aromatic nitrogens is 2. The first-order valence-electron chi connectivity index (χ1n) is 8.97. The third-order valence-corrected chi connectivity index (χ3v) is 5.28. The van der Waals surface area contributed by atoms with E-state index in [4.69, 9.17) is 16.3 Å². The van der Waals surface area contributed by atoms with Crippen LogP contribution in [0.15, 0.2) is 42.6 Å². The molecule has 136 valence electrons. The Balaban J connectivity index is 1.34. The van der Waals surface area contributed by atoms with Crippen LogP contribution in [0, 0.1) is 0 Å². The summed E-state index contributed by atoms with van der Waals surface area (Å²) in [5.74, 6) is 1.86. The molecule has 1 aliphatic heterocycles. The lowest BCUT2D eigenvalue weighted by molar-refractivity contribution is 0.260. The number of rotatable bonds is 5. The molecule has 0 saturated carbocycles. The van der Waals surface area contributed by atoms with Gasteiger partial charge in [-0.15, -0.1) is 0 Å². The van der Waals surface area contributed by atoms with Crippen LogP contribution in [0.2, 0.25) is 5.15 Å². The van der Waals surface area contributed by atoms with Gasteiger partial charge >= 0.3 is 0 Å². The number of hydrogen-bond acceptors (Lipinski definition) is 4. The van der Waals surface area contributed by atoms with Gasteiger partial charge in [-0.05, 0) is 36.2 Å². The second kappa shape index (κ2) is 7.56. The number of halogens is 1. The highest BCUT2D eigenvalue weighted by molar-refractivity contribution is 6.29. The van der Waals surface area contributed by atoms with E-state index in [1.165, 1.54) is 10.9 Å². The van der Waals surface area contributed by atoms with Gasteiger partial charge in [0.15, 0.2) is 0 Å². The normalized spacial score (nSPS) is 15.5. The van der Waals surface area contributed by atoms with Crippen molar-refractivity contribution in [1.29, 1.82) is 0 Å². The number of anilines is 1. The molecule has 2 aromatic heterocycles. The maximum atomic E-state index is 6.01. The molecule has 0 bridgehead atoms. The van der Waals surface area contributed by atoms with E-state index in [1.807, 2.05) is 24.3 Å². The van der Waals surface area contributed by atoms with Crippen molar-refractivity contribution < 1.29 is 4.74 Å². The van der Waals surface area contributed by atoms with Crippen molar-refractivity contribution in [2.75, 3.05) is 44.7 Å². The third kappa shape index (κ3) is 3.64. The number of methoxy groups -OCH3 is 1. The number of piperazine rings is 1. The van der Waals surface area contributed by atoms with E-state index in [2.05, 4.69) is 38.1 Å². The summed E-state index contributed by atoms with van der Waals surface area (Å²) in [5, 5.41) is 1.84. The van der Waals surface area contributed by atoms with E-state index < -0.39 is 0 Å². The summed E-state index contributed by atoms with van der Waals surface area (Å²) < 4.78 is 5.29. The monoisotopic (exact) mass is 370 g/mol. The van der Waals surface area contributed by atoms with Crippen LogP contribution in [0.1, 0.15) is 5.56 Å². The molecular weight excluding hydrogens is 348 g/mol. The van der Waals surface area contributed by atoms with Crippen LogP contribution >= 0.6 is 11.6 Å². The van der Waals surface area contributed by atoms with Gasteiger partial charge in [0.05, 0.1) is 7.11 Å². The molecule has 1 saturated heterocycles. The molecule has 0 amide bonds. The van der Waals surface area contributed by atoms with Gasteiger partial charge < -0.3 is 14.6 Å². The zero-order valence-corrected chi connectivity index (χ0v) is 15.7. The lowest BCUT2D eigenvalue weighted by Gasteiger charge is -2.35. The first-order chi connectivity index (χ1) is 12.7. The highest BCUT2D eigenvalue weighted by Gasteiger charge is 2.18. The van der Waals surface area contributed by atoms with Gasteiger partial charge in [0.1, 0.15) is 16.7 Å². The number of aromatic amines is 1. The number of hydrogen-bond donors (Lipinski definition) is 1. The van der Waals surface area contributed by atoms with Crippen LogP contribution in [-0.2, 0) is 6.42 Å². The molecule has 0 spiro atoms. The maximum absolute atomic E-state index is 6.01. The number of pyridine rings is 1. The molecule has 4 rings (SSSR count). The number of H-pyrrole nitrogens is 1. The standard InChI is InChI=1S/C20H23ClN4O/c1-26-16-5-6-17-15(14-22-18(17)13-16)7-8-24-9-11-25(12-10-24)20-4-2-3-19(21)23-20/h2-6,13-14,22H,7-12H2,1H3. The SMILES string of the molecule is COc1ccc2c(CCN3CCN(c4cccc(Cl)n4)CC3)c[nH]c2c1. The molecule has 3 heterocycles. The van der Waals surface area contributed by atoms with Crippen molar-refractivity contribution in [2.24, 2.45) is 0 Å². The average Bonchev–Trinajstić information content (AvgIpc) is 3.09. The summed E-state index contributed by atoms with van der Waals surface area (Å²) in [4.78, 5) is 12.6. The Kier molecular flexibility index (Phi) is 5.00. The van der Waals surface area contributed by atoms with E-state index in [1.54, 1.807) is 7.11 Å². The lowest BCUT2D eigenvalue weighted by atomic mass is 10.1. The second-order valence-electron chi connectivity index (χ2n) is 6.62. The van der Waals surface area contributed by atoms with Crippen molar-refractivity contribution in [2.45, 2.75) is 6.42 Å². The van der Waals surface area contributed by atoms with Gasteiger partial charge in [0.2, 0.25) is 0 Å². The second-order valence-corrected chi connectivity index (χ2v) is 7.01. The minimum atomic E-state index is 0.556.